The average molecular weight is 369 g/mol. The summed E-state index contributed by atoms with van der Waals surface area (Å²) in [7, 11) is 0. The summed E-state index contributed by atoms with van der Waals surface area (Å²) in [4.78, 5) is 46.7. The summed E-state index contributed by atoms with van der Waals surface area (Å²) >= 11 is 0. The lowest BCUT2D eigenvalue weighted by Gasteiger charge is -2.08. The van der Waals surface area contributed by atoms with Crippen LogP contribution in [0.15, 0.2) is 42.5 Å². The summed E-state index contributed by atoms with van der Waals surface area (Å²) in [5.74, 6) is -1.93. The number of rotatable bonds is 6. The number of carbonyl (C=O) groups is 4. The van der Waals surface area contributed by atoms with Crippen LogP contribution in [0.5, 0.6) is 0 Å². The molecule has 4 amide bonds. The predicted octanol–water partition coefficient (Wildman–Crippen LogP) is 1.10. The third-order valence-corrected chi connectivity index (χ3v) is 3.93. The van der Waals surface area contributed by atoms with Crippen LogP contribution in [-0.4, -0.2) is 43.0 Å². The van der Waals surface area contributed by atoms with Gasteiger partial charge in [0.05, 0.1) is 0 Å². The summed E-state index contributed by atoms with van der Waals surface area (Å²) in [5.41, 5.74) is 0.413. The molecule has 0 heterocycles. The zero-order valence-electron chi connectivity index (χ0n) is 14.5. The van der Waals surface area contributed by atoms with Gasteiger partial charge in [-0.25, -0.2) is 4.79 Å². The second-order valence-electron chi connectivity index (χ2n) is 6.20. The quantitative estimate of drug-likeness (QED) is 0.660. The summed E-state index contributed by atoms with van der Waals surface area (Å²) in [6, 6.07) is 12.3. The van der Waals surface area contributed by atoms with E-state index >= 15 is 0 Å². The van der Waals surface area contributed by atoms with E-state index in [2.05, 4.69) is 16.0 Å². The number of imide groups is 1. The number of ether oxygens (including phenoxy) is 1. The van der Waals surface area contributed by atoms with Crippen LogP contribution in [0.2, 0.25) is 0 Å². The molecule has 0 aromatic heterocycles. The van der Waals surface area contributed by atoms with Crippen molar-refractivity contribution in [2.75, 3.05) is 13.2 Å². The first kappa shape index (κ1) is 18.4. The number of hydrogen-bond acceptors (Lipinski definition) is 5. The fourth-order valence-corrected chi connectivity index (χ4v) is 2.39. The molecule has 0 saturated heterocycles. The Balaban J connectivity index is 1.40. The first-order valence-corrected chi connectivity index (χ1v) is 8.54. The lowest BCUT2D eigenvalue weighted by Crippen LogP contribution is -2.42. The van der Waals surface area contributed by atoms with E-state index in [0.717, 1.165) is 23.6 Å². The molecule has 0 unspecified atom stereocenters. The Morgan fingerprint density at radius 3 is 2.48 bits per heavy atom. The molecule has 1 saturated carbocycles. The molecule has 0 atom stereocenters. The van der Waals surface area contributed by atoms with Gasteiger partial charge >= 0.3 is 12.0 Å². The van der Waals surface area contributed by atoms with Crippen molar-refractivity contribution in [2.45, 2.75) is 18.9 Å². The van der Waals surface area contributed by atoms with Crippen LogP contribution in [-0.2, 0) is 14.3 Å². The van der Waals surface area contributed by atoms with E-state index in [1.54, 1.807) is 12.1 Å². The van der Waals surface area contributed by atoms with Crippen molar-refractivity contribution in [1.82, 2.24) is 16.0 Å². The van der Waals surface area contributed by atoms with Crippen molar-refractivity contribution >= 4 is 34.6 Å². The Morgan fingerprint density at radius 2 is 1.74 bits per heavy atom. The average Bonchev–Trinajstić information content (AvgIpc) is 3.47. The molecule has 0 spiro atoms. The highest BCUT2D eigenvalue weighted by molar-refractivity contribution is 6.00. The summed E-state index contributed by atoms with van der Waals surface area (Å²) in [6.07, 6.45) is 1.79. The number of carbonyl (C=O) groups excluding carboxylic acids is 4. The van der Waals surface area contributed by atoms with E-state index in [1.165, 1.54) is 0 Å². The van der Waals surface area contributed by atoms with Gasteiger partial charge < -0.3 is 15.4 Å². The van der Waals surface area contributed by atoms with Crippen LogP contribution in [0.4, 0.5) is 4.79 Å². The number of fused-ring (bicyclic) bond motifs is 1. The molecule has 2 aromatic rings. The number of nitrogens with one attached hydrogen (secondary N) is 3. The molecule has 1 aliphatic carbocycles. The molecule has 8 nitrogen and oxygen atoms in total. The van der Waals surface area contributed by atoms with E-state index in [4.69, 9.17) is 4.74 Å². The maximum absolute atomic E-state index is 12.1. The van der Waals surface area contributed by atoms with Gasteiger partial charge in [0, 0.05) is 11.6 Å². The molecule has 140 valence electrons. The van der Waals surface area contributed by atoms with Crippen LogP contribution in [0.1, 0.15) is 23.2 Å². The van der Waals surface area contributed by atoms with Gasteiger partial charge in [-0.05, 0) is 35.7 Å². The largest absolute Gasteiger partial charge is 0.454 e. The van der Waals surface area contributed by atoms with E-state index in [0.29, 0.717) is 5.56 Å². The molecule has 8 heteroatoms. The van der Waals surface area contributed by atoms with Gasteiger partial charge in [-0.15, -0.1) is 0 Å². The van der Waals surface area contributed by atoms with Gasteiger partial charge in [-0.3, -0.25) is 19.7 Å². The number of amides is 4. The van der Waals surface area contributed by atoms with Crippen molar-refractivity contribution < 1.29 is 23.9 Å². The van der Waals surface area contributed by atoms with Crippen LogP contribution >= 0.6 is 0 Å². The van der Waals surface area contributed by atoms with Crippen LogP contribution in [0, 0.1) is 0 Å². The van der Waals surface area contributed by atoms with E-state index in [-0.39, 0.29) is 12.6 Å². The normalized spacial score (nSPS) is 12.9. The predicted molar refractivity (Wildman–Crippen MR) is 96.9 cm³/mol. The van der Waals surface area contributed by atoms with Crippen molar-refractivity contribution in [3.05, 3.63) is 48.0 Å². The highest BCUT2D eigenvalue weighted by Gasteiger charge is 2.24. The maximum atomic E-state index is 12.1. The van der Waals surface area contributed by atoms with Gasteiger partial charge in [0.2, 0.25) is 0 Å². The maximum Gasteiger partial charge on any atom is 0.325 e. The highest BCUT2D eigenvalue weighted by Crippen LogP contribution is 2.18. The van der Waals surface area contributed by atoms with E-state index in [1.807, 2.05) is 30.3 Å². The van der Waals surface area contributed by atoms with Crippen molar-refractivity contribution in [2.24, 2.45) is 0 Å². The molecule has 0 bridgehead atoms. The number of hydrogen-bond donors (Lipinski definition) is 3. The van der Waals surface area contributed by atoms with E-state index < -0.39 is 30.4 Å². The number of benzene rings is 2. The molecule has 1 aliphatic rings. The Morgan fingerprint density at radius 1 is 1.00 bits per heavy atom. The fourth-order valence-electron chi connectivity index (χ4n) is 2.39. The second-order valence-corrected chi connectivity index (χ2v) is 6.20. The van der Waals surface area contributed by atoms with Gasteiger partial charge in [0.15, 0.2) is 6.61 Å². The molecule has 2 aromatic carbocycles. The van der Waals surface area contributed by atoms with Gasteiger partial charge in [-0.2, -0.15) is 0 Å². The summed E-state index contributed by atoms with van der Waals surface area (Å²) < 4.78 is 4.74. The van der Waals surface area contributed by atoms with Crippen LogP contribution in [0.3, 0.4) is 0 Å². The molecular weight excluding hydrogens is 350 g/mol. The van der Waals surface area contributed by atoms with E-state index in [9.17, 15) is 19.2 Å². The second kappa shape index (κ2) is 8.31. The molecule has 0 aliphatic heterocycles. The molecular formula is C19H19N3O5. The molecule has 27 heavy (non-hydrogen) atoms. The van der Waals surface area contributed by atoms with Gasteiger partial charge in [-0.1, -0.05) is 30.3 Å². The molecule has 0 radical (unpaired) electrons. The summed E-state index contributed by atoms with van der Waals surface area (Å²) in [6.45, 7) is -0.976. The van der Waals surface area contributed by atoms with Gasteiger partial charge in [0.25, 0.3) is 11.8 Å². The third kappa shape index (κ3) is 5.53. The topological polar surface area (TPSA) is 114 Å². The minimum Gasteiger partial charge on any atom is -0.454 e. The van der Waals surface area contributed by atoms with Crippen molar-refractivity contribution in [3.63, 3.8) is 0 Å². The minimum absolute atomic E-state index is 0.116. The van der Waals surface area contributed by atoms with Crippen molar-refractivity contribution in [3.8, 4) is 0 Å². The standard InChI is InChI=1S/C19H19N3O5/c23-16(22-19(26)21-15-7-8-15)11-27-17(24)10-20-18(25)14-6-5-12-3-1-2-4-13(12)9-14/h1-6,9,15H,7-8,10-11H2,(H,20,25)(H2,21,22,23,26). The minimum atomic E-state index is -0.776. The molecule has 3 rings (SSSR count). The fraction of sp³-hybridized carbons (Fsp3) is 0.263. The smallest absolute Gasteiger partial charge is 0.325 e. The summed E-state index contributed by atoms with van der Waals surface area (Å²) in [5, 5.41) is 8.99. The highest BCUT2D eigenvalue weighted by atomic mass is 16.5. The lowest BCUT2D eigenvalue weighted by molar-refractivity contribution is -0.147. The number of urea groups is 1. The Hall–Kier alpha value is -3.42. The van der Waals surface area contributed by atoms with Crippen LogP contribution < -0.4 is 16.0 Å². The van der Waals surface area contributed by atoms with Gasteiger partial charge in [0.1, 0.15) is 6.54 Å². The monoisotopic (exact) mass is 369 g/mol. The third-order valence-electron chi connectivity index (χ3n) is 3.93. The number of esters is 1. The zero-order valence-corrected chi connectivity index (χ0v) is 14.5. The first-order valence-electron chi connectivity index (χ1n) is 8.54. The Labute approximate surface area is 155 Å². The SMILES string of the molecule is O=C(COC(=O)CNC(=O)c1ccc2ccccc2c1)NC(=O)NC1CC1. The lowest BCUT2D eigenvalue weighted by atomic mass is 10.1. The van der Waals surface area contributed by atoms with Crippen LogP contribution in [0.25, 0.3) is 10.8 Å². The molecule has 3 N–H and O–H groups in total. The Bertz CT molecular complexity index is 892. The molecule has 1 fully saturated rings. The Kier molecular flexibility index (Phi) is 5.65. The first-order chi connectivity index (χ1) is 13.0. The van der Waals surface area contributed by atoms with Crippen molar-refractivity contribution in [1.29, 1.82) is 0 Å². The zero-order chi connectivity index (χ0) is 19.2.